The van der Waals surface area contributed by atoms with Crippen molar-refractivity contribution in [3.8, 4) is 5.75 Å². The molecule has 0 aromatic heterocycles. The normalized spacial score (nSPS) is 12.1. The van der Waals surface area contributed by atoms with Crippen molar-refractivity contribution in [2.24, 2.45) is 0 Å². The molecule has 14 heavy (non-hydrogen) atoms. The molecule has 0 saturated heterocycles. The molecule has 0 heterocycles. The van der Waals surface area contributed by atoms with Crippen molar-refractivity contribution in [2.75, 3.05) is 13.7 Å². The minimum Gasteiger partial charge on any atom is -0.494 e. The SMILES string of the molecule is C=CC(CCOc1ccccc1)NC. The first-order chi connectivity index (χ1) is 6.86. The highest BCUT2D eigenvalue weighted by molar-refractivity contribution is 5.20. The number of ether oxygens (including phenoxy) is 1. The van der Waals surface area contributed by atoms with Gasteiger partial charge < -0.3 is 10.1 Å². The molecule has 0 bridgehead atoms. The van der Waals surface area contributed by atoms with Crippen molar-refractivity contribution >= 4 is 0 Å². The minimum absolute atomic E-state index is 0.332. The largest absolute Gasteiger partial charge is 0.494 e. The molecule has 0 spiro atoms. The Balaban J connectivity index is 2.25. The predicted octanol–water partition coefficient (Wildman–Crippen LogP) is 2.23. The second-order valence-electron chi connectivity index (χ2n) is 3.08. The van der Waals surface area contributed by atoms with Gasteiger partial charge in [-0.2, -0.15) is 0 Å². The lowest BCUT2D eigenvalue weighted by Gasteiger charge is -2.11. The summed E-state index contributed by atoms with van der Waals surface area (Å²) in [6.07, 6.45) is 2.84. The van der Waals surface area contributed by atoms with Gasteiger partial charge >= 0.3 is 0 Å². The van der Waals surface area contributed by atoms with Crippen molar-refractivity contribution in [2.45, 2.75) is 12.5 Å². The molecule has 1 aromatic rings. The lowest BCUT2D eigenvalue weighted by atomic mass is 10.2. The van der Waals surface area contributed by atoms with Crippen LogP contribution in [0.2, 0.25) is 0 Å². The van der Waals surface area contributed by atoms with Crippen LogP contribution in [0.3, 0.4) is 0 Å². The van der Waals surface area contributed by atoms with Gasteiger partial charge in [-0.15, -0.1) is 6.58 Å². The van der Waals surface area contributed by atoms with E-state index in [0.29, 0.717) is 12.6 Å². The number of benzene rings is 1. The minimum atomic E-state index is 0.332. The Labute approximate surface area is 85.6 Å². The molecule has 0 amide bonds. The van der Waals surface area contributed by atoms with E-state index in [9.17, 15) is 0 Å². The van der Waals surface area contributed by atoms with Gasteiger partial charge in [-0.1, -0.05) is 24.3 Å². The molecule has 76 valence electrons. The van der Waals surface area contributed by atoms with Gasteiger partial charge in [0.05, 0.1) is 6.61 Å². The quantitative estimate of drug-likeness (QED) is 0.696. The molecule has 1 rings (SSSR count). The zero-order valence-corrected chi connectivity index (χ0v) is 8.57. The highest BCUT2D eigenvalue weighted by Crippen LogP contribution is 2.08. The predicted molar refractivity (Wildman–Crippen MR) is 59.6 cm³/mol. The van der Waals surface area contributed by atoms with Crippen LogP contribution in [0.5, 0.6) is 5.75 Å². The highest BCUT2D eigenvalue weighted by Gasteiger charge is 1.99. The third kappa shape index (κ3) is 3.62. The fraction of sp³-hybridized carbons (Fsp3) is 0.333. The van der Waals surface area contributed by atoms with Gasteiger partial charge in [-0.05, 0) is 19.2 Å². The molecular formula is C12H17NO. The second-order valence-corrected chi connectivity index (χ2v) is 3.08. The van der Waals surface area contributed by atoms with Crippen LogP contribution < -0.4 is 10.1 Å². The summed E-state index contributed by atoms with van der Waals surface area (Å²) in [4.78, 5) is 0. The average molecular weight is 191 g/mol. The molecule has 0 aliphatic rings. The van der Waals surface area contributed by atoms with E-state index < -0.39 is 0 Å². The average Bonchev–Trinajstić information content (AvgIpc) is 2.26. The molecule has 1 aromatic carbocycles. The fourth-order valence-electron chi connectivity index (χ4n) is 1.20. The number of nitrogens with one attached hydrogen (secondary N) is 1. The fourth-order valence-corrected chi connectivity index (χ4v) is 1.20. The van der Waals surface area contributed by atoms with E-state index in [0.717, 1.165) is 12.2 Å². The van der Waals surface area contributed by atoms with E-state index in [4.69, 9.17) is 4.74 Å². The molecule has 1 N–H and O–H groups in total. The standard InChI is InChI=1S/C12H17NO/c1-3-11(13-2)9-10-14-12-7-5-4-6-8-12/h3-8,11,13H,1,9-10H2,2H3. The summed E-state index contributed by atoms with van der Waals surface area (Å²) in [5.74, 6) is 0.923. The van der Waals surface area contributed by atoms with Crippen LogP contribution in [0.15, 0.2) is 43.0 Å². The first kappa shape index (κ1) is 10.8. The van der Waals surface area contributed by atoms with Gasteiger partial charge in [0.2, 0.25) is 0 Å². The zero-order chi connectivity index (χ0) is 10.2. The summed E-state index contributed by atoms with van der Waals surface area (Å²) >= 11 is 0. The molecule has 2 heteroatoms. The Morgan fingerprint density at radius 2 is 2.14 bits per heavy atom. The molecule has 2 nitrogen and oxygen atoms in total. The summed E-state index contributed by atoms with van der Waals surface area (Å²) in [6, 6.07) is 10.2. The highest BCUT2D eigenvalue weighted by atomic mass is 16.5. The number of para-hydroxylation sites is 1. The summed E-state index contributed by atoms with van der Waals surface area (Å²) in [6.45, 7) is 4.45. The third-order valence-corrected chi connectivity index (χ3v) is 2.10. The Kier molecular flexibility index (Phi) is 4.79. The first-order valence-electron chi connectivity index (χ1n) is 4.84. The number of rotatable bonds is 6. The van der Waals surface area contributed by atoms with Gasteiger partial charge in [0, 0.05) is 12.5 Å². The van der Waals surface area contributed by atoms with Crippen LogP contribution >= 0.6 is 0 Å². The van der Waals surface area contributed by atoms with Crippen molar-refractivity contribution in [3.63, 3.8) is 0 Å². The Bertz CT molecular complexity index is 258. The van der Waals surface area contributed by atoms with Crippen LogP contribution in [0.4, 0.5) is 0 Å². The molecule has 0 radical (unpaired) electrons. The zero-order valence-electron chi connectivity index (χ0n) is 8.57. The Morgan fingerprint density at radius 1 is 1.43 bits per heavy atom. The molecule has 1 atom stereocenters. The topological polar surface area (TPSA) is 21.3 Å². The van der Waals surface area contributed by atoms with E-state index in [-0.39, 0.29) is 0 Å². The Morgan fingerprint density at radius 3 is 2.71 bits per heavy atom. The van der Waals surface area contributed by atoms with Gasteiger partial charge in [-0.3, -0.25) is 0 Å². The lowest BCUT2D eigenvalue weighted by Crippen LogP contribution is -2.24. The molecule has 0 saturated carbocycles. The van der Waals surface area contributed by atoms with Crippen LogP contribution in [0, 0.1) is 0 Å². The van der Waals surface area contributed by atoms with Gasteiger partial charge in [0.25, 0.3) is 0 Å². The van der Waals surface area contributed by atoms with E-state index in [1.54, 1.807) is 0 Å². The van der Waals surface area contributed by atoms with E-state index in [2.05, 4.69) is 11.9 Å². The lowest BCUT2D eigenvalue weighted by molar-refractivity contribution is 0.299. The van der Waals surface area contributed by atoms with Crippen molar-refractivity contribution in [1.29, 1.82) is 0 Å². The maximum absolute atomic E-state index is 5.55. The monoisotopic (exact) mass is 191 g/mol. The van der Waals surface area contributed by atoms with Crippen molar-refractivity contribution in [1.82, 2.24) is 5.32 Å². The molecule has 1 unspecified atom stereocenters. The van der Waals surface area contributed by atoms with Crippen LogP contribution in [0.1, 0.15) is 6.42 Å². The number of hydrogen-bond donors (Lipinski definition) is 1. The van der Waals surface area contributed by atoms with Crippen LogP contribution in [0.25, 0.3) is 0 Å². The third-order valence-electron chi connectivity index (χ3n) is 2.10. The van der Waals surface area contributed by atoms with Gasteiger partial charge in [0.1, 0.15) is 5.75 Å². The first-order valence-corrected chi connectivity index (χ1v) is 4.84. The van der Waals surface area contributed by atoms with E-state index in [1.807, 2.05) is 43.5 Å². The smallest absolute Gasteiger partial charge is 0.119 e. The van der Waals surface area contributed by atoms with Gasteiger partial charge in [0.15, 0.2) is 0 Å². The van der Waals surface area contributed by atoms with Crippen molar-refractivity contribution < 1.29 is 4.74 Å². The molecule has 0 aliphatic heterocycles. The Hall–Kier alpha value is -1.28. The summed E-state index contributed by atoms with van der Waals surface area (Å²) in [7, 11) is 1.93. The summed E-state index contributed by atoms with van der Waals surface area (Å²) < 4.78 is 5.55. The maximum atomic E-state index is 5.55. The molecular weight excluding hydrogens is 174 g/mol. The van der Waals surface area contributed by atoms with E-state index in [1.165, 1.54) is 0 Å². The molecule has 0 aliphatic carbocycles. The van der Waals surface area contributed by atoms with E-state index >= 15 is 0 Å². The molecule has 0 fully saturated rings. The number of hydrogen-bond acceptors (Lipinski definition) is 2. The summed E-state index contributed by atoms with van der Waals surface area (Å²) in [5.41, 5.74) is 0. The maximum Gasteiger partial charge on any atom is 0.119 e. The van der Waals surface area contributed by atoms with Crippen LogP contribution in [-0.2, 0) is 0 Å². The number of likely N-dealkylation sites (N-methyl/N-ethyl adjacent to an activating group) is 1. The van der Waals surface area contributed by atoms with Gasteiger partial charge in [-0.25, -0.2) is 0 Å². The second kappa shape index (κ2) is 6.22. The van der Waals surface area contributed by atoms with Crippen LogP contribution in [-0.4, -0.2) is 19.7 Å². The van der Waals surface area contributed by atoms with Crippen molar-refractivity contribution in [3.05, 3.63) is 43.0 Å². The summed E-state index contributed by atoms with van der Waals surface area (Å²) in [5, 5.41) is 3.14.